The minimum atomic E-state index is -4.54. The monoisotopic (exact) mass is 442 g/mol. The molecule has 28 heavy (non-hydrogen) atoms. The lowest BCUT2D eigenvalue weighted by Gasteiger charge is -2.33. The van der Waals surface area contributed by atoms with Gasteiger partial charge in [-0.15, -0.1) is 0 Å². The number of carbonyl (C=O) groups excluding carboxylic acids is 1. The minimum absolute atomic E-state index is 0.156. The number of nitrogens with zero attached hydrogens (tertiary/aromatic N) is 1. The number of nitrogens with two attached hydrogens (primary N) is 1. The maximum Gasteiger partial charge on any atom is 0.389 e. The maximum absolute atomic E-state index is 13.1. The van der Waals surface area contributed by atoms with E-state index in [4.69, 9.17) is 22.1 Å². The Morgan fingerprint density at radius 2 is 1.96 bits per heavy atom. The van der Waals surface area contributed by atoms with Crippen molar-refractivity contribution in [2.45, 2.75) is 42.8 Å². The second-order valence-electron chi connectivity index (χ2n) is 6.68. The summed E-state index contributed by atoms with van der Waals surface area (Å²) in [6.07, 6.45) is -5.29. The van der Waals surface area contributed by atoms with Crippen LogP contribution in [0.3, 0.4) is 0 Å². The number of amides is 1. The highest BCUT2D eigenvalue weighted by Gasteiger charge is 2.39. The van der Waals surface area contributed by atoms with Crippen LogP contribution in [-0.4, -0.2) is 50.6 Å². The number of halogens is 4. The van der Waals surface area contributed by atoms with E-state index in [2.05, 4.69) is 0 Å². The van der Waals surface area contributed by atoms with Gasteiger partial charge in [0.1, 0.15) is 6.04 Å². The van der Waals surface area contributed by atoms with Crippen molar-refractivity contribution < 1.29 is 31.1 Å². The molecule has 1 saturated heterocycles. The molecule has 6 nitrogen and oxygen atoms in total. The Balaban J connectivity index is 2.38. The number of hydrogen-bond acceptors (Lipinski definition) is 4. The Bertz CT molecular complexity index is 766. The first-order chi connectivity index (χ1) is 13.0. The Morgan fingerprint density at radius 3 is 2.46 bits per heavy atom. The summed E-state index contributed by atoms with van der Waals surface area (Å²) in [6, 6.07) is 3.56. The third kappa shape index (κ3) is 6.33. The third-order valence-corrected chi connectivity index (χ3v) is 6.63. The molecule has 2 N–H and O–H groups in total. The molecule has 11 heteroatoms. The number of ether oxygens (including phenoxy) is 1. The van der Waals surface area contributed by atoms with Gasteiger partial charge in [0.2, 0.25) is 15.9 Å². The van der Waals surface area contributed by atoms with Gasteiger partial charge in [-0.25, -0.2) is 8.42 Å². The molecule has 1 amide bonds. The van der Waals surface area contributed by atoms with E-state index in [0.29, 0.717) is 24.5 Å². The van der Waals surface area contributed by atoms with E-state index in [1.807, 2.05) is 0 Å². The van der Waals surface area contributed by atoms with Crippen molar-refractivity contribution in [2.24, 2.45) is 11.7 Å². The largest absolute Gasteiger partial charge is 0.389 e. The predicted octanol–water partition coefficient (Wildman–Crippen LogP) is 2.95. The molecule has 2 atom stereocenters. The van der Waals surface area contributed by atoms with E-state index in [9.17, 15) is 26.4 Å². The Kier molecular flexibility index (Phi) is 7.72. The zero-order valence-corrected chi connectivity index (χ0v) is 16.6. The minimum Gasteiger partial charge on any atom is -0.381 e. The van der Waals surface area contributed by atoms with Gasteiger partial charge >= 0.3 is 6.18 Å². The van der Waals surface area contributed by atoms with E-state index < -0.39 is 41.0 Å². The molecule has 0 saturated carbocycles. The second kappa shape index (κ2) is 9.43. The van der Waals surface area contributed by atoms with Crippen molar-refractivity contribution in [2.75, 3.05) is 19.8 Å². The van der Waals surface area contributed by atoms with Gasteiger partial charge in [-0.2, -0.15) is 17.5 Å². The van der Waals surface area contributed by atoms with Crippen LogP contribution in [0.25, 0.3) is 0 Å². The summed E-state index contributed by atoms with van der Waals surface area (Å²) in [5.74, 6) is -1.37. The molecule has 0 spiro atoms. The second-order valence-corrected chi connectivity index (χ2v) is 9.01. The number of benzene rings is 1. The van der Waals surface area contributed by atoms with Crippen LogP contribution in [0.4, 0.5) is 13.2 Å². The lowest BCUT2D eigenvalue weighted by molar-refractivity contribution is -0.140. The van der Waals surface area contributed by atoms with E-state index in [1.54, 1.807) is 0 Å². The first kappa shape index (κ1) is 22.9. The normalized spacial score (nSPS) is 19.5. The van der Waals surface area contributed by atoms with Gasteiger partial charge in [0, 0.05) is 24.6 Å². The van der Waals surface area contributed by atoms with E-state index >= 15 is 0 Å². The van der Waals surface area contributed by atoms with Crippen LogP contribution in [0.15, 0.2) is 29.2 Å². The van der Waals surface area contributed by atoms with Crippen LogP contribution in [0.5, 0.6) is 0 Å². The molecule has 1 heterocycles. The topological polar surface area (TPSA) is 89.7 Å². The van der Waals surface area contributed by atoms with Gasteiger partial charge < -0.3 is 10.5 Å². The molecular weight excluding hydrogens is 421 g/mol. The average molecular weight is 443 g/mol. The van der Waals surface area contributed by atoms with Gasteiger partial charge in [-0.1, -0.05) is 11.6 Å². The van der Waals surface area contributed by atoms with Gasteiger partial charge in [-0.05, 0) is 49.4 Å². The van der Waals surface area contributed by atoms with E-state index in [1.165, 1.54) is 24.3 Å². The van der Waals surface area contributed by atoms with Crippen molar-refractivity contribution in [3.05, 3.63) is 29.3 Å². The van der Waals surface area contributed by atoms with Crippen molar-refractivity contribution in [1.29, 1.82) is 0 Å². The average Bonchev–Trinajstić information content (AvgIpc) is 2.61. The number of hydrogen-bond donors (Lipinski definition) is 1. The maximum atomic E-state index is 13.1. The third-order valence-electron chi connectivity index (χ3n) is 4.49. The zero-order chi connectivity index (χ0) is 20.9. The van der Waals surface area contributed by atoms with Crippen molar-refractivity contribution >= 4 is 27.5 Å². The Labute approximate surface area is 166 Å². The van der Waals surface area contributed by atoms with Crippen LogP contribution in [0.1, 0.15) is 25.7 Å². The van der Waals surface area contributed by atoms with E-state index in [-0.39, 0.29) is 24.0 Å². The molecular formula is C17H22ClF3N2O4S. The van der Waals surface area contributed by atoms with Crippen LogP contribution >= 0.6 is 11.6 Å². The summed E-state index contributed by atoms with van der Waals surface area (Å²) < 4.78 is 70.5. The first-order valence-corrected chi connectivity index (χ1v) is 10.5. The molecule has 2 rings (SSSR count). The fourth-order valence-electron chi connectivity index (χ4n) is 3.07. The predicted molar refractivity (Wildman–Crippen MR) is 97.2 cm³/mol. The van der Waals surface area contributed by atoms with Crippen LogP contribution in [-0.2, 0) is 19.6 Å². The van der Waals surface area contributed by atoms with Crippen molar-refractivity contribution in [3.63, 3.8) is 0 Å². The van der Waals surface area contributed by atoms with E-state index in [0.717, 1.165) is 4.31 Å². The van der Waals surface area contributed by atoms with Gasteiger partial charge in [0.15, 0.2) is 0 Å². The highest BCUT2D eigenvalue weighted by Crippen LogP contribution is 2.29. The molecule has 158 valence electrons. The summed E-state index contributed by atoms with van der Waals surface area (Å²) in [5, 5.41) is 0.301. The number of alkyl halides is 3. The Hall–Kier alpha value is -1.36. The highest BCUT2D eigenvalue weighted by molar-refractivity contribution is 7.89. The number of rotatable bonds is 8. The summed E-state index contributed by atoms with van der Waals surface area (Å²) in [6.45, 7) is 0.640. The zero-order valence-electron chi connectivity index (χ0n) is 15.0. The van der Waals surface area contributed by atoms with Crippen LogP contribution in [0, 0.1) is 5.92 Å². The summed E-state index contributed by atoms with van der Waals surface area (Å²) in [7, 11) is -4.28. The lowest BCUT2D eigenvalue weighted by Crippen LogP contribution is -2.50. The van der Waals surface area contributed by atoms with Gasteiger partial charge in [0.05, 0.1) is 11.5 Å². The fraction of sp³-hybridized carbons (Fsp3) is 0.588. The summed E-state index contributed by atoms with van der Waals surface area (Å²) in [5.41, 5.74) is 5.31. The molecule has 0 unspecified atom stereocenters. The summed E-state index contributed by atoms with van der Waals surface area (Å²) in [4.78, 5) is 11.8. The van der Waals surface area contributed by atoms with Gasteiger partial charge in [-0.3, -0.25) is 4.79 Å². The molecule has 0 bridgehead atoms. The quantitative estimate of drug-likeness (QED) is 0.670. The van der Waals surface area contributed by atoms with Crippen LogP contribution < -0.4 is 5.73 Å². The molecule has 1 aliphatic heterocycles. The number of primary amides is 1. The molecule has 0 radical (unpaired) electrons. The molecule has 1 fully saturated rings. The van der Waals surface area contributed by atoms with Crippen LogP contribution in [0.2, 0.25) is 5.02 Å². The molecule has 0 aromatic heterocycles. The molecule has 0 aliphatic carbocycles. The summed E-state index contributed by atoms with van der Waals surface area (Å²) >= 11 is 5.79. The van der Waals surface area contributed by atoms with Crippen molar-refractivity contribution in [3.8, 4) is 0 Å². The molecule has 1 aromatic carbocycles. The smallest absolute Gasteiger partial charge is 0.381 e. The molecule has 1 aliphatic rings. The highest BCUT2D eigenvalue weighted by atomic mass is 35.5. The Morgan fingerprint density at radius 1 is 1.32 bits per heavy atom. The standard InChI is InChI=1S/C17H22ClF3N2O4S/c18-13-3-5-14(6-4-13)28(25,26)23(10-12-2-1-9-27-11-12)15(16(22)24)7-8-17(19,20)21/h3-6,12,15H,1-2,7-11H2,(H2,22,24)/t12-,15-/m0/s1. The first-order valence-electron chi connectivity index (χ1n) is 8.72. The molecule has 1 aromatic rings. The fourth-order valence-corrected chi connectivity index (χ4v) is 4.90. The lowest BCUT2D eigenvalue weighted by atomic mass is 10.0. The van der Waals surface area contributed by atoms with Crippen molar-refractivity contribution in [1.82, 2.24) is 4.31 Å². The van der Waals surface area contributed by atoms with Gasteiger partial charge in [0.25, 0.3) is 0 Å². The number of carbonyl (C=O) groups is 1. The number of sulfonamides is 1. The SMILES string of the molecule is NC(=O)[C@H](CCC(F)(F)F)N(C[C@@H]1CCCOC1)S(=O)(=O)c1ccc(Cl)cc1.